The first kappa shape index (κ1) is 14.6. The van der Waals surface area contributed by atoms with E-state index in [-0.39, 0.29) is 23.3 Å². The number of halogens is 2. The molecule has 0 radical (unpaired) electrons. The monoisotopic (exact) mass is 269 g/mol. The summed E-state index contributed by atoms with van der Waals surface area (Å²) in [5, 5.41) is 8.84. The van der Waals surface area contributed by atoms with E-state index in [0.29, 0.717) is 6.29 Å². The summed E-state index contributed by atoms with van der Waals surface area (Å²) < 4.78 is 33.4. The van der Waals surface area contributed by atoms with E-state index in [1.54, 1.807) is 6.07 Å². The minimum absolute atomic E-state index is 0.0128. The number of hydrogen-bond donors (Lipinski definition) is 0. The Hall–Kier alpha value is -2.49. The Morgan fingerprint density at radius 1 is 1.53 bits per heavy atom. The molecule has 1 aromatic carbocycles. The number of carbonyl (C=O) groups is 2. The normalized spacial score (nSPS) is 9.84. The van der Waals surface area contributed by atoms with Crippen molar-refractivity contribution < 1.29 is 27.8 Å². The van der Waals surface area contributed by atoms with Crippen LogP contribution >= 0.6 is 0 Å². The SMILES string of the molecule is CCOC(=O)c1cc(C=O)cc(C#N)c1OC(F)F. The van der Waals surface area contributed by atoms with Gasteiger partial charge in [0.05, 0.1) is 12.2 Å². The number of esters is 1. The Morgan fingerprint density at radius 2 is 2.21 bits per heavy atom. The van der Waals surface area contributed by atoms with Crippen LogP contribution in [0.4, 0.5) is 8.78 Å². The van der Waals surface area contributed by atoms with Crippen LogP contribution in [0.5, 0.6) is 5.75 Å². The van der Waals surface area contributed by atoms with Crippen molar-refractivity contribution in [2.45, 2.75) is 13.5 Å². The van der Waals surface area contributed by atoms with E-state index in [4.69, 9.17) is 5.26 Å². The minimum atomic E-state index is -3.21. The van der Waals surface area contributed by atoms with Gasteiger partial charge in [-0.3, -0.25) is 4.79 Å². The first-order chi connectivity index (χ1) is 9.03. The van der Waals surface area contributed by atoms with Crippen molar-refractivity contribution in [1.82, 2.24) is 0 Å². The number of ether oxygens (including phenoxy) is 2. The largest absolute Gasteiger partial charge is 0.462 e. The van der Waals surface area contributed by atoms with Gasteiger partial charge >= 0.3 is 12.6 Å². The second-order valence-corrected chi connectivity index (χ2v) is 3.27. The number of hydrogen-bond acceptors (Lipinski definition) is 5. The van der Waals surface area contributed by atoms with Gasteiger partial charge in [-0.2, -0.15) is 14.0 Å². The third-order valence-electron chi connectivity index (χ3n) is 2.07. The molecule has 0 saturated carbocycles. The molecule has 5 nitrogen and oxygen atoms in total. The zero-order chi connectivity index (χ0) is 14.4. The second-order valence-electron chi connectivity index (χ2n) is 3.27. The third-order valence-corrected chi connectivity index (χ3v) is 2.07. The average Bonchev–Trinajstić information content (AvgIpc) is 2.38. The number of rotatable bonds is 5. The van der Waals surface area contributed by atoms with E-state index in [1.165, 1.54) is 6.92 Å². The number of benzene rings is 1. The lowest BCUT2D eigenvalue weighted by Gasteiger charge is -2.12. The van der Waals surface area contributed by atoms with Gasteiger partial charge < -0.3 is 9.47 Å². The molecule has 0 bridgehead atoms. The average molecular weight is 269 g/mol. The zero-order valence-corrected chi connectivity index (χ0v) is 9.85. The molecule has 0 amide bonds. The van der Waals surface area contributed by atoms with Gasteiger partial charge in [0.1, 0.15) is 17.9 Å². The lowest BCUT2D eigenvalue weighted by Crippen LogP contribution is -2.12. The molecule has 7 heteroatoms. The lowest BCUT2D eigenvalue weighted by molar-refractivity contribution is -0.0506. The molecule has 100 valence electrons. The van der Waals surface area contributed by atoms with Crippen LogP contribution in [0.3, 0.4) is 0 Å². The van der Waals surface area contributed by atoms with Gasteiger partial charge in [0, 0.05) is 5.56 Å². The summed E-state index contributed by atoms with van der Waals surface area (Å²) in [6, 6.07) is 3.67. The molecule has 0 fully saturated rings. The highest BCUT2D eigenvalue weighted by Gasteiger charge is 2.22. The summed E-state index contributed by atoms with van der Waals surface area (Å²) in [4.78, 5) is 22.3. The Balaban J connectivity index is 3.42. The van der Waals surface area contributed by atoms with Gasteiger partial charge in [0.2, 0.25) is 0 Å². The Labute approximate surface area is 107 Å². The van der Waals surface area contributed by atoms with E-state index in [0.717, 1.165) is 12.1 Å². The fourth-order valence-corrected chi connectivity index (χ4v) is 1.38. The maximum atomic E-state index is 12.3. The summed E-state index contributed by atoms with van der Waals surface area (Å²) >= 11 is 0. The molecule has 0 unspecified atom stereocenters. The van der Waals surface area contributed by atoms with Crippen molar-refractivity contribution in [2.75, 3.05) is 6.61 Å². The van der Waals surface area contributed by atoms with Crippen LogP contribution in [0.2, 0.25) is 0 Å². The van der Waals surface area contributed by atoms with Crippen molar-refractivity contribution in [3.05, 3.63) is 28.8 Å². The molecule has 0 aliphatic heterocycles. The molecule has 1 rings (SSSR count). The van der Waals surface area contributed by atoms with Crippen LogP contribution in [-0.2, 0) is 4.74 Å². The maximum absolute atomic E-state index is 12.3. The molecule has 0 N–H and O–H groups in total. The molecule has 0 heterocycles. The standard InChI is InChI=1S/C12H9F2NO4/c1-2-18-11(17)9-4-7(6-16)3-8(5-15)10(9)19-12(13)14/h3-4,6,12H,2H2,1H3. The molecule has 0 aliphatic carbocycles. The van der Waals surface area contributed by atoms with E-state index in [1.807, 2.05) is 0 Å². The Morgan fingerprint density at radius 3 is 2.68 bits per heavy atom. The topological polar surface area (TPSA) is 76.4 Å². The lowest BCUT2D eigenvalue weighted by atomic mass is 10.1. The van der Waals surface area contributed by atoms with Crippen LogP contribution in [0.25, 0.3) is 0 Å². The van der Waals surface area contributed by atoms with E-state index in [2.05, 4.69) is 9.47 Å². The van der Waals surface area contributed by atoms with Gasteiger partial charge in [-0.15, -0.1) is 0 Å². The minimum Gasteiger partial charge on any atom is -0.462 e. The van der Waals surface area contributed by atoms with Crippen molar-refractivity contribution >= 4 is 12.3 Å². The fraction of sp³-hybridized carbons (Fsp3) is 0.250. The smallest absolute Gasteiger partial charge is 0.387 e. The van der Waals surface area contributed by atoms with E-state index < -0.39 is 18.3 Å². The Kier molecular flexibility index (Phi) is 4.94. The van der Waals surface area contributed by atoms with Crippen LogP contribution in [0, 0.1) is 11.3 Å². The number of nitrogens with zero attached hydrogens (tertiary/aromatic N) is 1. The molecule has 0 aromatic heterocycles. The van der Waals surface area contributed by atoms with Gasteiger partial charge in [-0.1, -0.05) is 0 Å². The molecular formula is C12H9F2NO4. The van der Waals surface area contributed by atoms with Crippen molar-refractivity contribution in [3.63, 3.8) is 0 Å². The molecule has 0 saturated heterocycles. The number of aldehydes is 1. The van der Waals surface area contributed by atoms with Crippen LogP contribution < -0.4 is 4.74 Å². The predicted octanol–water partition coefficient (Wildman–Crippen LogP) is 2.15. The first-order valence-corrected chi connectivity index (χ1v) is 5.18. The highest BCUT2D eigenvalue weighted by atomic mass is 19.3. The molecule has 0 atom stereocenters. The number of carbonyl (C=O) groups excluding carboxylic acids is 2. The van der Waals surface area contributed by atoms with Crippen LogP contribution in [-0.4, -0.2) is 25.5 Å². The van der Waals surface area contributed by atoms with E-state index >= 15 is 0 Å². The summed E-state index contributed by atoms with van der Waals surface area (Å²) in [5.74, 6) is -1.54. The summed E-state index contributed by atoms with van der Waals surface area (Å²) in [6.45, 7) is -1.66. The van der Waals surface area contributed by atoms with Crippen LogP contribution in [0.1, 0.15) is 33.2 Å². The van der Waals surface area contributed by atoms with Crippen LogP contribution in [0.15, 0.2) is 12.1 Å². The summed E-state index contributed by atoms with van der Waals surface area (Å²) in [7, 11) is 0. The number of alkyl halides is 2. The zero-order valence-electron chi connectivity index (χ0n) is 9.85. The second kappa shape index (κ2) is 6.44. The highest BCUT2D eigenvalue weighted by molar-refractivity contribution is 5.95. The maximum Gasteiger partial charge on any atom is 0.387 e. The summed E-state index contributed by atoms with van der Waals surface area (Å²) in [5.41, 5.74) is -0.738. The quantitative estimate of drug-likeness (QED) is 0.604. The highest BCUT2D eigenvalue weighted by Crippen LogP contribution is 2.27. The van der Waals surface area contributed by atoms with Crippen molar-refractivity contribution in [2.24, 2.45) is 0 Å². The van der Waals surface area contributed by atoms with Gasteiger partial charge in [0.25, 0.3) is 0 Å². The molecule has 0 spiro atoms. The third kappa shape index (κ3) is 3.48. The molecule has 19 heavy (non-hydrogen) atoms. The Bertz CT molecular complexity index is 537. The van der Waals surface area contributed by atoms with Gasteiger partial charge in [-0.05, 0) is 19.1 Å². The van der Waals surface area contributed by atoms with Crippen molar-refractivity contribution in [3.8, 4) is 11.8 Å². The molecular weight excluding hydrogens is 260 g/mol. The molecule has 1 aromatic rings. The molecule has 0 aliphatic rings. The summed E-state index contributed by atoms with van der Waals surface area (Å²) in [6.07, 6.45) is 0.385. The van der Waals surface area contributed by atoms with Crippen molar-refractivity contribution in [1.29, 1.82) is 5.26 Å². The van der Waals surface area contributed by atoms with Gasteiger partial charge in [0.15, 0.2) is 5.75 Å². The number of nitriles is 1. The predicted molar refractivity (Wildman–Crippen MR) is 59.1 cm³/mol. The first-order valence-electron chi connectivity index (χ1n) is 5.18. The van der Waals surface area contributed by atoms with Gasteiger partial charge in [-0.25, -0.2) is 4.79 Å². The van der Waals surface area contributed by atoms with E-state index in [9.17, 15) is 18.4 Å². The fourth-order valence-electron chi connectivity index (χ4n) is 1.38.